The smallest absolute Gasteiger partial charge is 0.310 e. The summed E-state index contributed by atoms with van der Waals surface area (Å²) in [5, 5.41) is -0.733. The average Bonchev–Trinajstić information content (AvgIpc) is 2.60. The van der Waals surface area contributed by atoms with Gasteiger partial charge in [-0.25, -0.2) is 8.42 Å². The molecule has 3 nitrogen and oxygen atoms in total. The first-order valence-electron chi connectivity index (χ1n) is 8.67. The summed E-state index contributed by atoms with van der Waals surface area (Å²) in [6.45, 7) is 4.28. The zero-order valence-electron chi connectivity index (χ0n) is 15.0. The highest BCUT2D eigenvalue weighted by molar-refractivity contribution is 7.92. The van der Waals surface area contributed by atoms with Crippen molar-refractivity contribution in [2.45, 2.75) is 49.4 Å². The Morgan fingerprint density at radius 1 is 0.962 bits per heavy atom. The fraction of sp³-hybridized carbons (Fsp3) is 0.400. The SMILES string of the molecule is CC(C)C[C@@H](CC(F)(F)S(=O)(=O)c1ccccc1)NCc1ccccc1. The fourth-order valence-corrected chi connectivity index (χ4v) is 4.12. The molecule has 0 bridgehead atoms. The average molecular weight is 381 g/mol. The van der Waals surface area contributed by atoms with Gasteiger partial charge in [-0.2, -0.15) is 8.78 Å². The Kier molecular flexibility index (Phi) is 6.89. The van der Waals surface area contributed by atoms with E-state index in [2.05, 4.69) is 5.32 Å². The highest BCUT2D eigenvalue weighted by Gasteiger charge is 2.47. The van der Waals surface area contributed by atoms with Gasteiger partial charge in [0.05, 0.1) is 4.90 Å². The first kappa shape index (κ1) is 20.5. The van der Waals surface area contributed by atoms with Crippen LogP contribution in [0, 0.1) is 5.92 Å². The molecule has 0 fully saturated rings. The molecule has 0 aliphatic carbocycles. The quantitative estimate of drug-likeness (QED) is 0.688. The van der Waals surface area contributed by atoms with Crippen LogP contribution in [0.25, 0.3) is 0 Å². The summed E-state index contributed by atoms with van der Waals surface area (Å²) in [5.74, 6) is 0.165. The number of nitrogens with one attached hydrogen (secondary N) is 1. The Hall–Kier alpha value is -1.79. The topological polar surface area (TPSA) is 46.2 Å². The molecule has 2 aromatic carbocycles. The predicted octanol–water partition coefficient (Wildman–Crippen LogP) is 4.65. The summed E-state index contributed by atoms with van der Waals surface area (Å²) in [7, 11) is -4.73. The van der Waals surface area contributed by atoms with Gasteiger partial charge in [0.25, 0.3) is 0 Å². The van der Waals surface area contributed by atoms with Gasteiger partial charge >= 0.3 is 5.25 Å². The van der Waals surface area contributed by atoms with E-state index >= 15 is 0 Å². The molecule has 2 aromatic rings. The molecule has 6 heteroatoms. The number of benzene rings is 2. The standard InChI is InChI=1S/C20H25F2NO2S/c1-16(2)13-18(23-15-17-9-5-3-6-10-17)14-20(21,22)26(24,25)19-11-7-4-8-12-19/h3-12,16,18,23H,13-15H2,1-2H3/t18-/m0/s1. The van der Waals surface area contributed by atoms with Crippen LogP contribution in [-0.4, -0.2) is 19.7 Å². The molecule has 1 N–H and O–H groups in total. The van der Waals surface area contributed by atoms with Crippen molar-refractivity contribution in [2.75, 3.05) is 0 Å². The van der Waals surface area contributed by atoms with E-state index in [-0.39, 0.29) is 10.8 Å². The summed E-state index contributed by atoms with van der Waals surface area (Å²) in [6, 6.07) is 15.7. The Bertz CT molecular complexity index is 778. The Morgan fingerprint density at radius 2 is 1.50 bits per heavy atom. The van der Waals surface area contributed by atoms with Crippen molar-refractivity contribution >= 4 is 9.84 Å². The molecule has 0 radical (unpaired) electrons. The molecule has 2 rings (SSSR count). The van der Waals surface area contributed by atoms with E-state index < -0.39 is 27.6 Å². The maximum absolute atomic E-state index is 14.7. The second-order valence-corrected chi connectivity index (χ2v) is 8.93. The highest BCUT2D eigenvalue weighted by atomic mass is 32.2. The molecule has 0 aliphatic heterocycles. The summed E-state index contributed by atoms with van der Waals surface area (Å²) in [4.78, 5) is -0.351. The minimum absolute atomic E-state index is 0.165. The van der Waals surface area contributed by atoms with Crippen LogP contribution in [0.1, 0.15) is 32.3 Å². The van der Waals surface area contributed by atoms with Crippen molar-refractivity contribution in [3.63, 3.8) is 0 Å². The lowest BCUT2D eigenvalue weighted by molar-refractivity contribution is 0.0660. The van der Waals surface area contributed by atoms with Gasteiger partial charge in [-0.05, 0) is 30.0 Å². The van der Waals surface area contributed by atoms with Crippen LogP contribution in [0.15, 0.2) is 65.6 Å². The highest BCUT2D eigenvalue weighted by Crippen LogP contribution is 2.34. The van der Waals surface area contributed by atoms with Gasteiger partial charge in [-0.15, -0.1) is 0 Å². The minimum atomic E-state index is -4.73. The Morgan fingerprint density at radius 3 is 2.04 bits per heavy atom. The molecule has 0 saturated carbocycles. The maximum Gasteiger partial charge on any atom is 0.351 e. The molecule has 1 atom stereocenters. The van der Waals surface area contributed by atoms with Crippen molar-refractivity contribution < 1.29 is 17.2 Å². The van der Waals surface area contributed by atoms with Gasteiger partial charge in [0, 0.05) is 19.0 Å². The second kappa shape index (κ2) is 8.73. The molecule has 26 heavy (non-hydrogen) atoms. The summed E-state index contributed by atoms with van der Waals surface area (Å²) in [5.41, 5.74) is 0.968. The van der Waals surface area contributed by atoms with Crippen molar-refractivity contribution in [3.8, 4) is 0 Å². The summed E-state index contributed by atoms with van der Waals surface area (Å²) in [6.07, 6.45) is -0.290. The predicted molar refractivity (Wildman–Crippen MR) is 99.7 cm³/mol. The molecule has 0 saturated heterocycles. The summed E-state index contributed by atoms with van der Waals surface area (Å²) >= 11 is 0. The second-order valence-electron chi connectivity index (χ2n) is 6.85. The molecule has 0 aliphatic rings. The number of alkyl halides is 2. The molecule has 0 unspecified atom stereocenters. The molecular formula is C20H25F2NO2S. The lowest BCUT2D eigenvalue weighted by atomic mass is 10.0. The van der Waals surface area contributed by atoms with E-state index in [1.165, 1.54) is 24.3 Å². The van der Waals surface area contributed by atoms with Gasteiger partial charge in [-0.3, -0.25) is 0 Å². The fourth-order valence-electron chi connectivity index (χ4n) is 2.83. The number of hydrogen-bond acceptors (Lipinski definition) is 3. The minimum Gasteiger partial charge on any atom is -0.310 e. The lowest BCUT2D eigenvalue weighted by Crippen LogP contribution is -2.40. The Labute approximate surface area is 154 Å². The van der Waals surface area contributed by atoms with Crippen LogP contribution in [0.4, 0.5) is 8.78 Å². The summed E-state index contributed by atoms with van der Waals surface area (Å²) < 4.78 is 54.1. The van der Waals surface area contributed by atoms with Crippen molar-refractivity contribution in [1.29, 1.82) is 0 Å². The van der Waals surface area contributed by atoms with E-state index in [1.807, 2.05) is 44.2 Å². The van der Waals surface area contributed by atoms with Crippen molar-refractivity contribution in [2.24, 2.45) is 5.92 Å². The van der Waals surface area contributed by atoms with Crippen LogP contribution in [-0.2, 0) is 16.4 Å². The van der Waals surface area contributed by atoms with E-state index in [1.54, 1.807) is 6.07 Å². The molecule has 0 heterocycles. The first-order valence-corrected chi connectivity index (χ1v) is 10.2. The molecule has 0 amide bonds. The van der Waals surface area contributed by atoms with Gasteiger partial charge < -0.3 is 5.32 Å². The van der Waals surface area contributed by atoms with Crippen LogP contribution >= 0.6 is 0 Å². The van der Waals surface area contributed by atoms with Gasteiger partial charge in [0.2, 0.25) is 9.84 Å². The maximum atomic E-state index is 14.7. The van der Waals surface area contributed by atoms with Crippen molar-refractivity contribution in [1.82, 2.24) is 5.32 Å². The number of hydrogen-bond donors (Lipinski definition) is 1. The third-order valence-corrected chi connectivity index (χ3v) is 5.97. The van der Waals surface area contributed by atoms with Gasteiger partial charge in [0.15, 0.2) is 0 Å². The molecule has 142 valence electrons. The molecule has 0 spiro atoms. The van der Waals surface area contributed by atoms with Crippen LogP contribution < -0.4 is 5.32 Å². The molecular weight excluding hydrogens is 356 g/mol. The van der Waals surface area contributed by atoms with E-state index in [0.717, 1.165) is 5.56 Å². The molecule has 0 aromatic heterocycles. The van der Waals surface area contributed by atoms with E-state index in [9.17, 15) is 17.2 Å². The largest absolute Gasteiger partial charge is 0.351 e. The zero-order valence-corrected chi connectivity index (χ0v) is 15.8. The number of rotatable bonds is 9. The van der Waals surface area contributed by atoms with Crippen LogP contribution in [0.3, 0.4) is 0 Å². The van der Waals surface area contributed by atoms with Crippen LogP contribution in [0.5, 0.6) is 0 Å². The van der Waals surface area contributed by atoms with Crippen molar-refractivity contribution in [3.05, 3.63) is 66.2 Å². The van der Waals surface area contributed by atoms with E-state index in [4.69, 9.17) is 0 Å². The third kappa shape index (κ3) is 5.35. The zero-order chi connectivity index (χ0) is 19.2. The normalized spacial score (nSPS) is 13.7. The first-order chi connectivity index (χ1) is 12.2. The third-order valence-electron chi connectivity index (χ3n) is 4.12. The van der Waals surface area contributed by atoms with E-state index in [0.29, 0.717) is 13.0 Å². The Balaban J connectivity index is 2.15. The number of sulfone groups is 1. The monoisotopic (exact) mass is 381 g/mol. The van der Waals surface area contributed by atoms with Gasteiger partial charge in [-0.1, -0.05) is 62.4 Å². The lowest BCUT2D eigenvalue weighted by Gasteiger charge is -2.26. The van der Waals surface area contributed by atoms with Crippen LogP contribution in [0.2, 0.25) is 0 Å². The van der Waals surface area contributed by atoms with Gasteiger partial charge in [0.1, 0.15) is 0 Å². The number of halogens is 2.